The van der Waals surface area contributed by atoms with E-state index in [4.69, 9.17) is 11.6 Å². The van der Waals surface area contributed by atoms with Gasteiger partial charge >= 0.3 is 6.36 Å². The summed E-state index contributed by atoms with van der Waals surface area (Å²) in [5.74, 6) is -0.256. The maximum atomic E-state index is 12.0. The van der Waals surface area contributed by atoms with Crippen LogP contribution in [0.15, 0.2) is 42.7 Å². The van der Waals surface area contributed by atoms with Crippen molar-refractivity contribution in [3.8, 4) is 5.75 Å². The largest absolute Gasteiger partial charge is 0.573 e. The lowest BCUT2D eigenvalue weighted by Crippen LogP contribution is -2.16. The van der Waals surface area contributed by atoms with Crippen LogP contribution in [0.1, 0.15) is 11.1 Å². The van der Waals surface area contributed by atoms with Gasteiger partial charge in [0.1, 0.15) is 5.75 Å². The highest BCUT2D eigenvalue weighted by molar-refractivity contribution is 6.30. The van der Waals surface area contributed by atoms with Gasteiger partial charge in [-0.15, -0.1) is 13.2 Å². The Hall–Kier alpha value is -1.75. The molecule has 1 heterocycles. The Morgan fingerprint density at radius 2 is 1.74 bits per heavy atom. The van der Waals surface area contributed by atoms with Gasteiger partial charge in [-0.3, -0.25) is 4.98 Å². The molecule has 6 heteroatoms. The molecule has 19 heavy (non-hydrogen) atoms. The topological polar surface area (TPSA) is 22.1 Å². The van der Waals surface area contributed by atoms with Gasteiger partial charge in [-0.1, -0.05) is 23.7 Å². The van der Waals surface area contributed by atoms with Gasteiger partial charge in [-0.25, -0.2) is 0 Å². The summed E-state index contributed by atoms with van der Waals surface area (Å²) in [6.45, 7) is 0. The molecule has 0 saturated carbocycles. The van der Waals surface area contributed by atoms with Crippen LogP contribution in [0.25, 0.3) is 0 Å². The van der Waals surface area contributed by atoms with E-state index in [1.165, 1.54) is 30.5 Å². The molecule has 0 saturated heterocycles. The standard InChI is InChI=1S/C13H8ClF3NO/c14-11-6-10(7-18-8-11)5-9-1-3-12(4-2-9)19-13(15,16)17/h1-8H. The third-order valence-corrected chi connectivity index (χ3v) is 2.38. The molecule has 0 atom stereocenters. The lowest BCUT2D eigenvalue weighted by atomic mass is 10.1. The highest BCUT2D eigenvalue weighted by atomic mass is 35.5. The number of benzene rings is 1. The van der Waals surface area contributed by atoms with Crippen LogP contribution in [0.4, 0.5) is 13.2 Å². The van der Waals surface area contributed by atoms with Gasteiger partial charge in [0.05, 0.1) is 5.02 Å². The van der Waals surface area contributed by atoms with E-state index in [0.717, 1.165) is 11.1 Å². The minimum atomic E-state index is -4.68. The second kappa shape index (κ2) is 5.48. The molecule has 2 rings (SSSR count). The summed E-state index contributed by atoms with van der Waals surface area (Å²) in [7, 11) is 0. The molecule has 0 amide bonds. The highest BCUT2D eigenvalue weighted by Gasteiger charge is 2.30. The molecule has 1 radical (unpaired) electrons. The summed E-state index contributed by atoms with van der Waals surface area (Å²) in [5, 5.41) is 0.491. The van der Waals surface area contributed by atoms with Crippen LogP contribution in [0.3, 0.4) is 0 Å². The molecule has 2 nitrogen and oxygen atoms in total. The molecule has 99 valence electrons. The lowest BCUT2D eigenvalue weighted by Gasteiger charge is -2.09. The molecule has 0 aliphatic carbocycles. The van der Waals surface area contributed by atoms with Gasteiger partial charge in [-0.05, 0) is 29.3 Å². The van der Waals surface area contributed by atoms with E-state index in [1.807, 2.05) is 0 Å². The quantitative estimate of drug-likeness (QED) is 0.842. The summed E-state index contributed by atoms with van der Waals surface area (Å²) in [5.41, 5.74) is 1.48. The van der Waals surface area contributed by atoms with E-state index in [1.54, 1.807) is 18.7 Å². The first-order valence-electron chi connectivity index (χ1n) is 5.23. The molecule has 0 aliphatic heterocycles. The van der Waals surface area contributed by atoms with Gasteiger partial charge in [0.25, 0.3) is 0 Å². The number of hydrogen-bond donors (Lipinski definition) is 0. The van der Waals surface area contributed by atoms with Crippen molar-refractivity contribution < 1.29 is 17.9 Å². The average molecular weight is 287 g/mol. The molecule has 1 aromatic carbocycles. The highest BCUT2D eigenvalue weighted by Crippen LogP contribution is 2.24. The van der Waals surface area contributed by atoms with Crippen molar-refractivity contribution in [1.82, 2.24) is 4.98 Å². The molecule has 0 N–H and O–H groups in total. The third kappa shape index (κ3) is 4.44. The van der Waals surface area contributed by atoms with E-state index in [2.05, 4.69) is 9.72 Å². The number of ether oxygens (including phenoxy) is 1. The summed E-state index contributed by atoms with van der Waals surface area (Å²) >= 11 is 5.78. The van der Waals surface area contributed by atoms with Crippen molar-refractivity contribution in [2.45, 2.75) is 6.36 Å². The number of halogens is 4. The Bertz CT molecular complexity index is 555. The number of hydrogen-bond acceptors (Lipinski definition) is 2. The number of aromatic nitrogens is 1. The predicted molar refractivity (Wildman–Crippen MR) is 64.9 cm³/mol. The van der Waals surface area contributed by atoms with Crippen LogP contribution in [-0.2, 0) is 0 Å². The second-order valence-electron chi connectivity index (χ2n) is 3.70. The Labute approximate surface area is 112 Å². The van der Waals surface area contributed by atoms with Gasteiger partial charge in [0.15, 0.2) is 0 Å². The van der Waals surface area contributed by atoms with Crippen molar-refractivity contribution in [3.63, 3.8) is 0 Å². The fraction of sp³-hybridized carbons (Fsp3) is 0.0769. The molecule has 0 spiro atoms. The fourth-order valence-corrected chi connectivity index (χ4v) is 1.65. The zero-order chi connectivity index (χ0) is 13.9. The zero-order valence-corrected chi connectivity index (χ0v) is 10.2. The van der Waals surface area contributed by atoms with E-state index < -0.39 is 6.36 Å². The van der Waals surface area contributed by atoms with Gasteiger partial charge in [0.2, 0.25) is 0 Å². The maximum Gasteiger partial charge on any atom is 0.573 e. The molecule has 0 aliphatic rings. The van der Waals surface area contributed by atoms with Gasteiger partial charge in [-0.2, -0.15) is 0 Å². The summed E-state index contributed by atoms with van der Waals surface area (Å²) < 4.78 is 39.7. The van der Waals surface area contributed by atoms with Crippen LogP contribution in [0.5, 0.6) is 5.75 Å². The SMILES string of the molecule is FC(F)(F)Oc1ccc([CH]c2cncc(Cl)c2)cc1. The van der Waals surface area contributed by atoms with Crippen molar-refractivity contribution in [1.29, 1.82) is 0 Å². The summed E-state index contributed by atoms with van der Waals surface area (Å²) in [6, 6.07) is 7.23. The first kappa shape index (κ1) is 13.7. The minimum Gasteiger partial charge on any atom is -0.406 e. The zero-order valence-electron chi connectivity index (χ0n) is 9.49. The number of rotatable bonds is 3. The van der Waals surface area contributed by atoms with Crippen LogP contribution in [-0.4, -0.2) is 11.3 Å². The molecule has 0 bridgehead atoms. The second-order valence-corrected chi connectivity index (χ2v) is 4.13. The predicted octanol–water partition coefficient (Wildman–Crippen LogP) is 4.23. The summed E-state index contributed by atoms with van der Waals surface area (Å²) in [4.78, 5) is 3.91. The smallest absolute Gasteiger partial charge is 0.406 e. The molecular formula is C13H8ClF3NO. The maximum absolute atomic E-state index is 12.0. The van der Waals surface area contributed by atoms with Crippen LogP contribution < -0.4 is 4.74 Å². The number of pyridine rings is 1. The van der Waals surface area contributed by atoms with Crippen LogP contribution in [0, 0.1) is 6.42 Å². The van der Waals surface area contributed by atoms with Gasteiger partial charge < -0.3 is 4.74 Å². The molecule has 2 aromatic rings. The monoisotopic (exact) mass is 286 g/mol. The number of alkyl halides is 3. The van der Waals surface area contributed by atoms with E-state index >= 15 is 0 Å². The van der Waals surface area contributed by atoms with Crippen molar-refractivity contribution in [3.05, 3.63) is 65.3 Å². The molecule has 0 fully saturated rings. The lowest BCUT2D eigenvalue weighted by molar-refractivity contribution is -0.274. The minimum absolute atomic E-state index is 0.256. The Morgan fingerprint density at radius 3 is 2.32 bits per heavy atom. The first-order valence-corrected chi connectivity index (χ1v) is 5.61. The van der Waals surface area contributed by atoms with E-state index in [9.17, 15) is 13.2 Å². The van der Waals surface area contributed by atoms with Gasteiger partial charge in [0, 0.05) is 18.8 Å². The fourth-order valence-electron chi connectivity index (χ4n) is 1.47. The van der Waals surface area contributed by atoms with Crippen LogP contribution in [0.2, 0.25) is 5.02 Å². The van der Waals surface area contributed by atoms with Crippen molar-refractivity contribution in [2.24, 2.45) is 0 Å². The molecule has 1 aromatic heterocycles. The average Bonchev–Trinajstić information content (AvgIpc) is 2.30. The van der Waals surface area contributed by atoms with Crippen molar-refractivity contribution >= 4 is 11.6 Å². The Morgan fingerprint density at radius 1 is 1.05 bits per heavy atom. The summed E-state index contributed by atoms with van der Waals surface area (Å²) in [6.07, 6.45) is 0.170. The van der Waals surface area contributed by atoms with E-state index in [-0.39, 0.29) is 5.75 Å². The molecule has 0 unspecified atom stereocenters. The first-order chi connectivity index (χ1) is 8.92. The normalized spacial score (nSPS) is 11.4. The van der Waals surface area contributed by atoms with E-state index in [0.29, 0.717) is 5.02 Å². The van der Waals surface area contributed by atoms with Crippen molar-refractivity contribution in [2.75, 3.05) is 0 Å². The Balaban J connectivity index is 2.07. The third-order valence-electron chi connectivity index (χ3n) is 2.17. The van der Waals surface area contributed by atoms with Crippen LogP contribution >= 0.6 is 11.6 Å². The molecular weight excluding hydrogens is 279 g/mol. The Kier molecular flexibility index (Phi) is 3.95. The number of nitrogens with zero attached hydrogens (tertiary/aromatic N) is 1.